The maximum absolute atomic E-state index is 9.82. The monoisotopic (exact) mass is 337 g/mol. The molecule has 0 saturated carbocycles. The lowest BCUT2D eigenvalue weighted by Crippen LogP contribution is -2.51. The highest BCUT2D eigenvalue weighted by Crippen LogP contribution is 2.28. The molecule has 5 heteroatoms. The highest BCUT2D eigenvalue weighted by atomic mass is 28.3. The molecule has 124 valence electrons. The summed E-state index contributed by atoms with van der Waals surface area (Å²) in [6, 6.07) is 19.0. The van der Waals surface area contributed by atoms with Crippen LogP contribution in [0.4, 0.5) is 0 Å². The van der Waals surface area contributed by atoms with Gasteiger partial charge in [0.15, 0.2) is 0 Å². The van der Waals surface area contributed by atoms with Crippen LogP contribution in [0, 0.1) is 11.3 Å². The number of nitriles is 1. The first-order chi connectivity index (χ1) is 11.5. The summed E-state index contributed by atoms with van der Waals surface area (Å²) in [5.41, 5.74) is 2.92. The summed E-state index contributed by atoms with van der Waals surface area (Å²) in [5, 5.41) is 30.3. The molecule has 3 nitrogen and oxygen atoms in total. The first-order valence-corrected chi connectivity index (χ1v) is 11.2. The number of benzene rings is 2. The van der Waals surface area contributed by atoms with E-state index in [0.29, 0.717) is 11.0 Å². The standard InChI is InChI=1S/C19H24BNO2Si/c1-4-24(5-2,6-3)19-16(15-10-8-7-9-11-15)12-13-18(20(22)23)17(19)14-21/h7-13,22-23H,4-6H2,1-3H3. The van der Waals surface area contributed by atoms with Crippen LogP contribution in [0.1, 0.15) is 26.3 Å². The van der Waals surface area contributed by atoms with Gasteiger partial charge in [-0.2, -0.15) is 5.26 Å². The molecule has 0 heterocycles. The molecular formula is C19H24BNO2Si. The Morgan fingerprint density at radius 1 is 0.958 bits per heavy atom. The quantitative estimate of drug-likeness (QED) is 0.797. The second-order valence-electron chi connectivity index (χ2n) is 6.14. The SMILES string of the molecule is CC[Si](CC)(CC)c1c(-c2ccccc2)ccc(B(O)O)c1C#N. The van der Waals surface area contributed by atoms with Gasteiger partial charge >= 0.3 is 7.12 Å². The third-order valence-corrected chi connectivity index (χ3v) is 10.9. The van der Waals surface area contributed by atoms with Gasteiger partial charge in [-0.3, -0.25) is 0 Å². The van der Waals surface area contributed by atoms with Crippen molar-refractivity contribution in [2.45, 2.75) is 38.9 Å². The minimum absolute atomic E-state index is 0.319. The maximum atomic E-state index is 9.82. The van der Waals surface area contributed by atoms with E-state index in [4.69, 9.17) is 0 Å². The Bertz CT molecular complexity index is 729. The van der Waals surface area contributed by atoms with Crippen LogP contribution in [-0.4, -0.2) is 25.2 Å². The molecule has 0 atom stereocenters. The van der Waals surface area contributed by atoms with Gasteiger partial charge in [-0.05, 0) is 21.8 Å². The average molecular weight is 337 g/mol. The molecule has 0 radical (unpaired) electrons. The second kappa shape index (κ2) is 7.80. The Kier molecular flexibility index (Phi) is 6.00. The van der Waals surface area contributed by atoms with E-state index in [2.05, 4.69) is 39.0 Å². The third kappa shape index (κ3) is 3.18. The largest absolute Gasteiger partial charge is 0.489 e. The highest BCUT2D eigenvalue weighted by molar-refractivity contribution is 6.93. The van der Waals surface area contributed by atoms with E-state index >= 15 is 0 Å². The van der Waals surface area contributed by atoms with Crippen LogP contribution in [0.15, 0.2) is 42.5 Å². The fourth-order valence-electron chi connectivity index (χ4n) is 3.64. The summed E-state index contributed by atoms with van der Waals surface area (Å²) in [5.74, 6) is 0. The number of hydrogen-bond donors (Lipinski definition) is 2. The van der Waals surface area contributed by atoms with Gasteiger partial charge < -0.3 is 10.0 Å². The number of nitrogens with zero attached hydrogens (tertiary/aromatic N) is 1. The molecule has 0 bridgehead atoms. The Balaban J connectivity index is 2.90. The average Bonchev–Trinajstić information content (AvgIpc) is 2.63. The van der Waals surface area contributed by atoms with E-state index in [-0.39, 0.29) is 0 Å². The van der Waals surface area contributed by atoms with Crippen LogP contribution < -0.4 is 10.6 Å². The normalized spacial score (nSPS) is 11.2. The number of rotatable bonds is 6. The molecule has 0 saturated heterocycles. The van der Waals surface area contributed by atoms with Crippen molar-refractivity contribution in [1.82, 2.24) is 0 Å². The van der Waals surface area contributed by atoms with Gasteiger partial charge in [0.1, 0.15) is 0 Å². The summed E-state index contributed by atoms with van der Waals surface area (Å²) in [6.07, 6.45) is 0. The fourth-order valence-corrected chi connectivity index (χ4v) is 7.73. The summed E-state index contributed by atoms with van der Waals surface area (Å²) < 4.78 is 0. The zero-order valence-corrected chi connectivity index (χ0v) is 15.6. The molecule has 24 heavy (non-hydrogen) atoms. The topological polar surface area (TPSA) is 64.2 Å². The van der Waals surface area contributed by atoms with Crippen molar-refractivity contribution in [3.8, 4) is 17.2 Å². The third-order valence-electron chi connectivity index (χ3n) is 5.27. The van der Waals surface area contributed by atoms with Crippen molar-refractivity contribution in [3.05, 3.63) is 48.0 Å². The molecular weight excluding hydrogens is 313 g/mol. The summed E-state index contributed by atoms with van der Waals surface area (Å²) in [4.78, 5) is 0. The van der Waals surface area contributed by atoms with Crippen LogP contribution in [0.3, 0.4) is 0 Å². The Morgan fingerprint density at radius 3 is 2.00 bits per heavy atom. The van der Waals surface area contributed by atoms with Crippen molar-refractivity contribution >= 4 is 25.8 Å². The van der Waals surface area contributed by atoms with Crippen molar-refractivity contribution in [1.29, 1.82) is 5.26 Å². The van der Waals surface area contributed by atoms with Gasteiger partial charge in [0.2, 0.25) is 0 Å². The highest BCUT2D eigenvalue weighted by Gasteiger charge is 2.36. The molecule has 0 spiro atoms. The van der Waals surface area contributed by atoms with Crippen molar-refractivity contribution in [2.24, 2.45) is 0 Å². The van der Waals surface area contributed by atoms with E-state index in [0.717, 1.165) is 34.4 Å². The van der Waals surface area contributed by atoms with Crippen LogP contribution in [-0.2, 0) is 0 Å². The molecule has 0 unspecified atom stereocenters. The van der Waals surface area contributed by atoms with Gasteiger partial charge in [-0.25, -0.2) is 0 Å². The predicted octanol–water partition coefficient (Wildman–Crippen LogP) is 2.62. The first-order valence-electron chi connectivity index (χ1n) is 8.53. The lowest BCUT2D eigenvalue weighted by molar-refractivity contribution is 0.425. The minimum atomic E-state index is -1.91. The van der Waals surface area contributed by atoms with Crippen molar-refractivity contribution in [2.75, 3.05) is 0 Å². The number of hydrogen-bond acceptors (Lipinski definition) is 3. The minimum Gasteiger partial charge on any atom is -0.423 e. The fraction of sp³-hybridized carbons (Fsp3) is 0.316. The van der Waals surface area contributed by atoms with Crippen molar-refractivity contribution < 1.29 is 10.0 Å². The maximum Gasteiger partial charge on any atom is 0.489 e. The van der Waals surface area contributed by atoms with E-state index < -0.39 is 15.2 Å². The van der Waals surface area contributed by atoms with E-state index in [1.54, 1.807) is 6.07 Å². The Hall–Kier alpha value is -1.87. The Morgan fingerprint density at radius 2 is 1.54 bits per heavy atom. The van der Waals surface area contributed by atoms with E-state index in [1.165, 1.54) is 0 Å². The first kappa shape index (κ1) is 18.5. The lowest BCUT2D eigenvalue weighted by atomic mass is 9.76. The lowest BCUT2D eigenvalue weighted by Gasteiger charge is -2.33. The molecule has 0 aliphatic heterocycles. The zero-order valence-electron chi connectivity index (χ0n) is 14.6. The molecule has 0 aromatic heterocycles. The zero-order chi connectivity index (χ0) is 17.7. The van der Waals surface area contributed by atoms with Gasteiger partial charge in [0.25, 0.3) is 0 Å². The van der Waals surface area contributed by atoms with Crippen molar-refractivity contribution in [3.63, 3.8) is 0 Å². The van der Waals surface area contributed by atoms with E-state index in [1.807, 2.05) is 24.3 Å². The van der Waals surface area contributed by atoms with Gasteiger partial charge in [-0.1, -0.05) is 81.4 Å². The van der Waals surface area contributed by atoms with Crippen LogP contribution >= 0.6 is 0 Å². The van der Waals surface area contributed by atoms with Gasteiger partial charge in [0.05, 0.1) is 19.7 Å². The van der Waals surface area contributed by atoms with Crippen LogP contribution in [0.5, 0.6) is 0 Å². The molecule has 0 aliphatic rings. The predicted molar refractivity (Wildman–Crippen MR) is 103 cm³/mol. The second-order valence-corrected chi connectivity index (χ2v) is 11.3. The molecule has 0 fully saturated rings. The summed E-state index contributed by atoms with van der Waals surface area (Å²) in [6.45, 7) is 6.57. The molecule has 2 N–H and O–H groups in total. The summed E-state index contributed by atoms with van der Waals surface area (Å²) in [7, 11) is -3.53. The van der Waals surface area contributed by atoms with Crippen LogP contribution in [0.2, 0.25) is 18.1 Å². The van der Waals surface area contributed by atoms with Crippen LogP contribution in [0.25, 0.3) is 11.1 Å². The molecule has 0 amide bonds. The van der Waals surface area contributed by atoms with Gasteiger partial charge in [-0.15, -0.1) is 0 Å². The smallest absolute Gasteiger partial charge is 0.423 e. The van der Waals surface area contributed by atoms with Gasteiger partial charge in [0, 0.05) is 0 Å². The summed E-state index contributed by atoms with van der Waals surface area (Å²) >= 11 is 0. The molecule has 0 aliphatic carbocycles. The molecule has 2 rings (SSSR count). The molecule has 2 aromatic carbocycles. The Labute approximate surface area is 145 Å². The molecule has 2 aromatic rings. The van der Waals surface area contributed by atoms with E-state index in [9.17, 15) is 15.3 Å².